The van der Waals surface area contributed by atoms with Crippen molar-refractivity contribution in [3.05, 3.63) is 0 Å². The van der Waals surface area contributed by atoms with E-state index in [4.69, 9.17) is 14.2 Å². The number of esters is 1. The summed E-state index contributed by atoms with van der Waals surface area (Å²) in [4.78, 5) is 13.7. The fraction of sp³-hybridized carbons (Fsp3) is 0.933. The van der Waals surface area contributed by atoms with Crippen LogP contribution in [-0.2, 0) is 19.0 Å². The molecule has 0 N–H and O–H groups in total. The highest BCUT2D eigenvalue weighted by molar-refractivity contribution is 5.71. The van der Waals surface area contributed by atoms with Crippen molar-refractivity contribution < 1.29 is 19.0 Å². The lowest BCUT2D eigenvalue weighted by molar-refractivity contribution is -0.164. The van der Waals surface area contributed by atoms with Gasteiger partial charge >= 0.3 is 5.97 Å². The van der Waals surface area contributed by atoms with Gasteiger partial charge in [-0.3, -0.25) is 9.69 Å². The number of nitrogens with zero attached hydrogens (tertiary/aromatic N) is 1. The van der Waals surface area contributed by atoms with E-state index in [1.807, 2.05) is 6.92 Å². The van der Waals surface area contributed by atoms with Crippen molar-refractivity contribution in [3.63, 3.8) is 0 Å². The molecule has 1 aliphatic heterocycles. The molecule has 1 saturated heterocycles. The van der Waals surface area contributed by atoms with Crippen LogP contribution in [0, 0.1) is 0 Å². The Hall–Kier alpha value is -0.650. The fourth-order valence-corrected chi connectivity index (χ4v) is 2.97. The molecule has 0 aromatic carbocycles. The molecule has 2 aliphatic rings. The highest BCUT2D eigenvalue weighted by atomic mass is 16.7. The molecule has 20 heavy (non-hydrogen) atoms. The predicted octanol–water partition coefficient (Wildman–Crippen LogP) is 1.95. The van der Waals surface area contributed by atoms with Crippen LogP contribution in [0.1, 0.15) is 46.5 Å². The number of carbonyl (C=O) groups excluding carboxylic acids is 1. The molecule has 1 aliphatic carbocycles. The van der Waals surface area contributed by atoms with Crippen LogP contribution < -0.4 is 0 Å². The SMILES string of the molecule is CCOC(=O)CN(CC1COC2(CCCC2)O1)C(C)C. The third-order valence-corrected chi connectivity index (χ3v) is 4.09. The molecule has 1 heterocycles. The van der Waals surface area contributed by atoms with Gasteiger partial charge < -0.3 is 14.2 Å². The maximum Gasteiger partial charge on any atom is 0.320 e. The minimum absolute atomic E-state index is 0.0601. The fourth-order valence-electron chi connectivity index (χ4n) is 2.97. The van der Waals surface area contributed by atoms with Crippen molar-refractivity contribution in [3.8, 4) is 0 Å². The van der Waals surface area contributed by atoms with E-state index in [0.717, 1.165) is 19.4 Å². The molecular weight excluding hydrogens is 258 g/mol. The van der Waals surface area contributed by atoms with Crippen molar-refractivity contribution in [1.29, 1.82) is 0 Å². The van der Waals surface area contributed by atoms with Crippen LogP contribution in [-0.4, -0.2) is 55.1 Å². The zero-order valence-electron chi connectivity index (χ0n) is 12.9. The second-order valence-corrected chi connectivity index (χ2v) is 6.00. The molecule has 5 heteroatoms. The van der Waals surface area contributed by atoms with Crippen LogP contribution in [0.15, 0.2) is 0 Å². The molecule has 1 spiro atoms. The Balaban J connectivity index is 1.84. The highest BCUT2D eigenvalue weighted by Gasteiger charge is 2.44. The molecule has 1 saturated carbocycles. The van der Waals surface area contributed by atoms with Crippen LogP contribution in [0.2, 0.25) is 0 Å². The summed E-state index contributed by atoms with van der Waals surface area (Å²) in [5, 5.41) is 0. The van der Waals surface area contributed by atoms with Crippen molar-refractivity contribution in [2.24, 2.45) is 0 Å². The van der Waals surface area contributed by atoms with E-state index in [2.05, 4.69) is 18.7 Å². The first-order valence-electron chi connectivity index (χ1n) is 7.76. The van der Waals surface area contributed by atoms with Crippen LogP contribution in [0.5, 0.6) is 0 Å². The summed E-state index contributed by atoms with van der Waals surface area (Å²) in [6, 6.07) is 0.281. The topological polar surface area (TPSA) is 48.0 Å². The van der Waals surface area contributed by atoms with Crippen molar-refractivity contribution >= 4 is 5.97 Å². The van der Waals surface area contributed by atoms with Crippen LogP contribution in [0.25, 0.3) is 0 Å². The van der Waals surface area contributed by atoms with E-state index in [0.29, 0.717) is 19.8 Å². The van der Waals surface area contributed by atoms with E-state index in [1.54, 1.807) is 0 Å². The third kappa shape index (κ3) is 3.93. The molecule has 0 radical (unpaired) electrons. The molecule has 0 amide bonds. The summed E-state index contributed by atoms with van der Waals surface area (Å²) in [6.07, 6.45) is 4.43. The summed E-state index contributed by atoms with van der Waals surface area (Å²) in [7, 11) is 0. The average molecular weight is 285 g/mol. The summed E-state index contributed by atoms with van der Waals surface area (Å²) in [5.74, 6) is -0.493. The predicted molar refractivity (Wildman–Crippen MR) is 75.4 cm³/mol. The normalized spacial score (nSPS) is 24.9. The number of hydrogen-bond donors (Lipinski definition) is 0. The van der Waals surface area contributed by atoms with Gasteiger partial charge in [-0.1, -0.05) is 0 Å². The zero-order chi connectivity index (χ0) is 14.6. The number of hydrogen-bond acceptors (Lipinski definition) is 5. The van der Waals surface area contributed by atoms with Gasteiger partial charge in [-0.15, -0.1) is 0 Å². The number of ether oxygens (including phenoxy) is 3. The highest BCUT2D eigenvalue weighted by Crippen LogP contribution is 2.39. The maximum atomic E-state index is 11.6. The minimum Gasteiger partial charge on any atom is -0.465 e. The van der Waals surface area contributed by atoms with Gasteiger partial charge in [-0.2, -0.15) is 0 Å². The third-order valence-electron chi connectivity index (χ3n) is 4.09. The van der Waals surface area contributed by atoms with Gasteiger partial charge in [0.15, 0.2) is 5.79 Å². The second kappa shape index (κ2) is 6.87. The first kappa shape index (κ1) is 15.7. The summed E-state index contributed by atoms with van der Waals surface area (Å²) >= 11 is 0. The molecule has 2 rings (SSSR count). The average Bonchev–Trinajstić information content (AvgIpc) is 3.00. The Morgan fingerprint density at radius 2 is 2.10 bits per heavy atom. The molecule has 5 nitrogen and oxygen atoms in total. The smallest absolute Gasteiger partial charge is 0.320 e. The first-order valence-corrected chi connectivity index (χ1v) is 7.76. The number of rotatable bonds is 6. The Morgan fingerprint density at radius 1 is 1.40 bits per heavy atom. The van der Waals surface area contributed by atoms with Gasteiger partial charge in [-0.05, 0) is 33.6 Å². The van der Waals surface area contributed by atoms with Crippen molar-refractivity contribution in [2.75, 3.05) is 26.3 Å². The van der Waals surface area contributed by atoms with E-state index in [1.165, 1.54) is 12.8 Å². The van der Waals surface area contributed by atoms with Crippen LogP contribution in [0.3, 0.4) is 0 Å². The zero-order valence-corrected chi connectivity index (χ0v) is 12.9. The molecule has 2 fully saturated rings. The van der Waals surface area contributed by atoms with E-state index in [-0.39, 0.29) is 23.9 Å². The molecule has 0 bridgehead atoms. The first-order chi connectivity index (χ1) is 9.54. The van der Waals surface area contributed by atoms with Gasteiger partial charge in [0, 0.05) is 25.4 Å². The minimum atomic E-state index is -0.322. The molecule has 1 atom stereocenters. The Bertz CT molecular complexity index is 326. The van der Waals surface area contributed by atoms with E-state index >= 15 is 0 Å². The standard InChI is InChI=1S/C15H27NO4/c1-4-18-14(17)10-16(12(2)3)9-13-11-19-15(20-13)7-5-6-8-15/h12-13H,4-11H2,1-3H3. The van der Waals surface area contributed by atoms with Gasteiger partial charge in [-0.25, -0.2) is 0 Å². The van der Waals surface area contributed by atoms with E-state index < -0.39 is 0 Å². The van der Waals surface area contributed by atoms with Crippen molar-refractivity contribution in [1.82, 2.24) is 4.90 Å². The maximum absolute atomic E-state index is 11.6. The second-order valence-electron chi connectivity index (χ2n) is 6.00. The summed E-state index contributed by atoms with van der Waals surface area (Å²) in [5.41, 5.74) is 0. The van der Waals surface area contributed by atoms with Crippen LogP contribution >= 0.6 is 0 Å². The van der Waals surface area contributed by atoms with Gasteiger partial charge in [0.1, 0.15) is 0 Å². The Kier molecular flexibility index (Phi) is 5.41. The van der Waals surface area contributed by atoms with Crippen molar-refractivity contribution in [2.45, 2.75) is 64.4 Å². The largest absolute Gasteiger partial charge is 0.465 e. The van der Waals surface area contributed by atoms with Gasteiger partial charge in [0.2, 0.25) is 0 Å². The van der Waals surface area contributed by atoms with Gasteiger partial charge in [0.05, 0.1) is 25.9 Å². The van der Waals surface area contributed by atoms with Gasteiger partial charge in [0.25, 0.3) is 0 Å². The van der Waals surface area contributed by atoms with E-state index in [9.17, 15) is 4.79 Å². The number of carbonyl (C=O) groups is 1. The molecule has 0 aromatic rings. The lowest BCUT2D eigenvalue weighted by atomic mass is 10.2. The lowest BCUT2D eigenvalue weighted by Crippen LogP contribution is -2.42. The molecule has 116 valence electrons. The molecule has 0 aromatic heterocycles. The molecular formula is C15H27NO4. The summed E-state index contributed by atoms with van der Waals surface area (Å²) in [6.45, 7) is 8.09. The quantitative estimate of drug-likeness (QED) is 0.698. The monoisotopic (exact) mass is 285 g/mol. The Labute approximate surface area is 121 Å². The Morgan fingerprint density at radius 3 is 2.70 bits per heavy atom. The van der Waals surface area contributed by atoms with Crippen LogP contribution in [0.4, 0.5) is 0 Å². The molecule has 1 unspecified atom stereocenters. The summed E-state index contributed by atoms with van der Waals surface area (Å²) < 4.78 is 17.0. The lowest BCUT2D eigenvalue weighted by Gasteiger charge is -2.28.